The van der Waals surface area contributed by atoms with E-state index in [1.165, 1.54) is 6.42 Å². The maximum absolute atomic E-state index is 12.0. The van der Waals surface area contributed by atoms with Gasteiger partial charge in [-0.3, -0.25) is 4.79 Å². The van der Waals surface area contributed by atoms with Gasteiger partial charge in [0.25, 0.3) is 5.91 Å². The first-order valence-corrected chi connectivity index (χ1v) is 6.99. The molecule has 2 heterocycles. The molecule has 1 fully saturated rings. The SMILES string of the molecule is O=C1COc2ccc(Br)cc2N1C[C@H]1CCCN1. The van der Waals surface area contributed by atoms with Crippen molar-refractivity contribution >= 4 is 27.5 Å². The molecule has 0 saturated carbocycles. The second-order valence-electron chi connectivity index (χ2n) is 4.70. The fourth-order valence-corrected chi connectivity index (χ4v) is 2.86. The van der Waals surface area contributed by atoms with Crippen molar-refractivity contribution in [3.8, 4) is 5.75 Å². The van der Waals surface area contributed by atoms with Crippen molar-refractivity contribution in [2.75, 3.05) is 24.6 Å². The van der Waals surface area contributed by atoms with Crippen molar-refractivity contribution in [1.82, 2.24) is 5.32 Å². The van der Waals surface area contributed by atoms with E-state index in [-0.39, 0.29) is 12.5 Å². The van der Waals surface area contributed by atoms with Crippen molar-refractivity contribution in [1.29, 1.82) is 0 Å². The fraction of sp³-hybridized carbons (Fsp3) is 0.462. The van der Waals surface area contributed by atoms with Crippen LogP contribution in [0.5, 0.6) is 5.75 Å². The van der Waals surface area contributed by atoms with Crippen LogP contribution in [-0.2, 0) is 4.79 Å². The molecule has 1 saturated heterocycles. The average molecular weight is 311 g/mol. The number of hydrogen-bond donors (Lipinski definition) is 1. The van der Waals surface area contributed by atoms with Gasteiger partial charge in [-0.2, -0.15) is 0 Å². The summed E-state index contributed by atoms with van der Waals surface area (Å²) in [6.45, 7) is 1.92. The van der Waals surface area contributed by atoms with E-state index in [2.05, 4.69) is 21.2 Å². The Bertz CT molecular complexity index is 472. The van der Waals surface area contributed by atoms with Crippen LogP contribution in [0.4, 0.5) is 5.69 Å². The summed E-state index contributed by atoms with van der Waals surface area (Å²) in [5.74, 6) is 0.824. The summed E-state index contributed by atoms with van der Waals surface area (Å²) in [6, 6.07) is 6.18. The highest BCUT2D eigenvalue weighted by Gasteiger charge is 2.28. The van der Waals surface area contributed by atoms with Crippen LogP contribution in [0.15, 0.2) is 22.7 Å². The molecular weight excluding hydrogens is 296 g/mol. The molecule has 0 aromatic heterocycles. The first-order valence-electron chi connectivity index (χ1n) is 6.20. The molecule has 0 radical (unpaired) electrons. The molecule has 4 nitrogen and oxygen atoms in total. The van der Waals surface area contributed by atoms with E-state index < -0.39 is 0 Å². The highest BCUT2D eigenvalue weighted by molar-refractivity contribution is 9.10. The second-order valence-corrected chi connectivity index (χ2v) is 5.61. The van der Waals surface area contributed by atoms with Gasteiger partial charge in [0.15, 0.2) is 6.61 Å². The molecule has 2 aliphatic rings. The van der Waals surface area contributed by atoms with Crippen LogP contribution in [0, 0.1) is 0 Å². The topological polar surface area (TPSA) is 41.6 Å². The number of anilines is 1. The number of nitrogens with zero attached hydrogens (tertiary/aromatic N) is 1. The summed E-state index contributed by atoms with van der Waals surface area (Å²) in [4.78, 5) is 13.9. The number of carbonyl (C=O) groups excluding carboxylic acids is 1. The number of benzene rings is 1. The van der Waals surface area contributed by atoms with Gasteiger partial charge in [-0.05, 0) is 37.6 Å². The molecule has 5 heteroatoms. The molecule has 1 N–H and O–H groups in total. The highest BCUT2D eigenvalue weighted by Crippen LogP contribution is 2.34. The standard InChI is InChI=1S/C13H15BrN2O2/c14-9-3-4-12-11(6-9)16(13(17)8-18-12)7-10-2-1-5-15-10/h3-4,6,10,15H,1-2,5,7-8H2/t10-/m1/s1. The zero-order chi connectivity index (χ0) is 12.5. The van der Waals surface area contributed by atoms with E-state index in [1.54, 1.807) is 0 Å². The second kappa shape index (κ2) is 4.90. The molecule has 96 valence electrons. The normalized spacial score (nSPS) is 22.8. The van der Waals surface area contributed by atoms with Crippen LogP contribution in [0.2, 0.25) is 0 Å². The Labute approximate surface area is 114 Å². The minimum absolute atomic E-state index is 0.0364. The monoisotopic (exact) mass is 310 g/mol. The van der Waals surface area contributed by atoms with Crippen LogP contribution in [0.1, 0.15) is 12.8 Å². The Hall–Kier alpha value is -1.07. The lowest BCUT2D eigenvalue weighted by Gasteiger charge is -2.31. The van der Waals surface area contributed by atoms with Gasteiger partial charge in [-0.15, -0.1) is 0 Å². The number of amides is 1. The first kappa shape index (κ1) is 12.0. The summed E-state index contributed by atoms with van der Waals surface area (Å²) in [7, 11) is 0. The van der Waals surface area contributed by atoms with E-state index in [9.17, 15) is 4.79 Å². The molecular formula is C13H15BrN2O2. The van der Waals surface area contributed by atoms with E-state index in [1.807, 2.05) is 23.1 Å². The third-order valence-corrected chi connectivity index (χ3v) is 3.92. The Morgan fingerprint density at radius 2 is 2.39 bits per heavy atom. The van der Waals surface area contributed by atoms with Crippen LogP contribution in [-0.4, -0.2) is 31.6 Å². The summed E-state index contributed by atoms with van der Waals surface area (Å²) in [5, 5.41) is 3.42. The quantitative estimate of drug-likeness (QED) is 0.907. The fourth-order valence-electron chi connectivity index (χ4n) is 2.51. The van der Waals surface area contributed by atoms with Crippen molar-refractivity contribution in [2.45, 2.75) is 18.9 Å². The van der Waals surface area contributed by atoms with Crippen molar-refractivity contribution < 1.29 is 9.53 Å². The number of carbonyl (C=O) groups is 1. The van der Waals surface area contributed by atoms with Crippen molar-refractivity contribution in [3.63, 3.8) is 0 Å². The summed E-state index contributed by atoms with van der Waals surface area (Å²) in [6.07, 6.45) is 2.32. The van der Waals surface area contributed by atoms with Gasteiger partial charge in [-0.1, -0.05) is 15.9 Å². The molecule has 0 unspecified atom stereocenters. The third kappa shape index (κ3) is 2.24. The molecule has 1 atom stereocenters. The van der Waals surface area contributed by atoms with E-state index in [0.29, 0.717) is 6.04 Å². The van der Waals surface area contributed by atoms with Crippen LogP contribution < -0.4 is 15.0 Å². The lowest BCUT2D eigenvalue weighted by molar-refractivity contribution is -0.121. The van der Waals surface area contributed by atoms with Gasteiger partial charge in [0.1, 0.15) is 5.75 Å². The molecule has 0 aliphatic carbocycles. The Morgan fingerprint density at radius 3 is 3.17 bits per heavy atom. The predicted molar refractivity (Wildman–Crippen MR) is 73.0 cm³/mol. The lowest BCUT2D eigenvalue weighted by Crippen LogP contribution is -2.45. The van der Waals surface area contributed by atoms with E-state index in [0.717, 1.165) is 35.4 Å². The number of rotatable bonds is 2. The Kier molecular flexibility index (Phi) is 3.26. The van der Waals surface area contributed by atoms with Crippen molar-refractivity contribution in [2.24, 2.45) is 0 Å². The van der Waals surface area contributed by atoms with E-state index >= 15 is 0 Å². The van der Waals surface area contributed by atoms with Gasteiger partial charge in [0, 0.05) is 17.1 Å². The largest absolute Gasteiger partial charge is 0.482 e. The number of halogens is 1. The highest BCUT2D eigenvalue weighted by atomic mass is 79.9. The maximum atomic E-state index is 12.0. The number of ether oxygens (including phenoxy) is 1. The number of fused-ring (bicyclic) bond motifs is 1. The van der Waals surface area contributed by atoms with Gasteiger partial charge in [0.05, 0.1) is 5.69 Å². The average Bonchev–Trinajstić information content (AvgIpc) is 2.86. The zero-order valence-corrected chi connectivity index (χ0v) is 11.6. The molecule has 1 aromatic carbocycles. The smallest absolute Gasteiger partial charge is 0.265 e. The van der Waals surface area contributed by atoms with Gasteiger partial charge in [-0.25, -0.2) is 0 Å². The molecule has 18 heavy (non-hydrogen) atoms. The van der Waals surface area contributed by atoms with Crippen LogP contribution >= 0.6 is 15.9 Å². The Morgan fingerprint density at radius 1 is 1.50 bits per heavy atom. The molecule has 0 bridgehead atoms. The molecule has 0 spiro atoms. The number of hydrogen-bond acceptors (Lipinski definition) is 3. The zero-order valence-electron chi connectivity index (χ0n) is 9.99. The van der Waals surface area contributed by atoms with Crippen LogP contribution in [0.3, 0.4) is 0 Å². The maximum Gasteiger partial charge on any atom is 0.265 e. The molecule has 1 amide bonds. The third-order valence-electron chi connectivity index (χ3n) is 3.43. The van der Waals surface area contributed by atoms with Crippen LogP contribution in [0.25, 0.3) is 0 Å². The lowest BCUT2D eigenvalue weighted by atomic mass is 10.1. The number of nitrogens with one attached hydrogen (secondary N) is 1. The summed E-state index contributed by atoms with van der Waals surface area (Å²) >= 11 is 3.44. The first-order chi connectivity index (χ1) is 8.74. The Balaban J connectivity index is 1.88. The van der Waals surface area contributed by atoms with Crippen molar-refractivity contribution in [3.05, 3.63) is 22.7 Å². The molecule has 3 rings (SSSR count). The molecule has 1 aromatic rings. The molecule has 2 aliphatic heterocycles. The predicted octanol–water partition coefficient (Wildman–Crippen LogP) is 1.93. The summed E-state index contributed by atoms with van der Waals surface area (Å²) < 4.78 is 6.41. The van der Waals surface area contributed by atoms with Gasteiger partial charge in [0.2, 0.25) is 0 Å². The van der Waals surface area contributed by atoms with E-state index in [4.69, 9.17) is 4.74 Å². The minimum atomic E-state index is 0.0364. The summed E-state index contributed by atoms with van der Waals surface area (Å²) in [5.41, 5.74) is 0.870. The minimum Gasteiger partial charge on any atom is -0.482 e. The van der Waals surface area contributed by atoms with Gasteiger partial charge < -0.3 is 15.0 Å². The van der Waals surface area contributed by atoms with Gasteiger partial charge >= 0.3 is 0 Å².